The van der Waals surface area contributed by atoms with Gasteiger partial charge in [-0.05, 0) is 32.1 Å². The summed E-state index contributed by atoms with van der Waals surface area (Å²) in [5, 5.41) is 48.9. The van der Waals surface area contributed by atoms with E-state index in [1.165, 1.54) is 38.5 Å². The van der Waals surface area contributed by atoms with Gasteiger partial charge in [0.1, 0.15) is 25.3 Å². The average molecular weight is 948 g/mol. The van der Waals surface area contributed by atoms with Crippen molar-refractivity contribution in [2.75, 3.05) is 79.1 Å². The molecule has 0 aliphatic heterocycles. The van der Waals surface area contributed by atoms with Crippen LogP contribution >= 0.6 is 0 Å². The highest BCUT2D eigenvalue weighted by Gasteiger charge is 2.22. The molecule has 66 heavy (non-hydrogen) atoms. The molecule has 0 aliphatic carbocycles. The summed E-state index contributed by atoms with van der Waals surface area (Å²) in [6, 6.07) is -2.49. The maximum absolute atomic E-state index is 12.3. The van der Waals surface area contributed by atoms with Gasteiger partial charge >= 0.3 is 17.9 Å². The van der Waals surface area contributed by atoms with Crippen LogP contribution < -0.4 is 26.6 Å². The summed E-state index contributed by atoms with van der Waals surface area (Å²) in [6.45, 7) is 2.56. The van der Waals surface area contributed by atoms with Gasteiger partial charge in [-0.25, -0.2) is 9.59 Å². The van der Waals surface area contributed by atoms with E-state index >= 15 is 0 Å². The molecule has 9 N–H and O–H groups in total. The fraction of sp³-hybridized carbons (Fsp3) is 0.822. The molecule has 3 atom stereocenters. The largest absolute Gasteiger partial charge is 0.481 e. The molecule has 0 radical (unpaired) electrons. The molecule has 0 bridgehead atoms. The molecular weight excluding hydrogens is 867 g/mol. The van der Waals surface area contributed by atoms with Gasteiger partial charge in [-0.1, -0.05) is 90.4 Å². The number of amides is 5. The summed E-state index contributed by atoms with van der Waals surface area (Å²) in [7, 11) is 0. The number of carbonyl (C=O) groups excluding carboxylic acids is 5. The zero-order valence-corrected chi connectivity index (χ0v) is 39.3. The van der Waals surface area contributed by atoms with Crippen molar-refractivity contribution in [2.24, 2.45) is 5.92 Å². The number of aliphatic hydroxyl groups excluding tert-OH is 1. The molecule has 0 aromatic heterocycles. The van der Waals surface area contributed by atoms with Gasteiger partial charge < -0.3 is 66.0 Å². The van der Waals surface area contributed by atoms with Crippen molar-refractivity contribution in [2.45, 2.75) is 154 Å². The lowest BCUT2D eigenvalue weighted by Crippen LogP contribution is -2.45. The highest BCUT2D eigenvalue weighted by molar-refractivity contribution is 5.85. The highest BCUT2D eigenvalue weighted by Crippen LogP contribution is 2.14. The molecule has 0 aliphatic rings. The number of carboxylic acid groups (broad SMARTS) is 3. The Balaban J connectivity index is 3.69. The molecule has 21 heteroatoms. The fourth-order valence-corrected chi connectivity index (χ4v) is 6.40. The van der Waals surface area contributed by atoms with Gasteiger partial charge in [0.2, 0.25) is 29.5 Å². The zero-order valence-electron chi connectivity index (χ0n) is 39.3. The second kappa shape index (κ2) is 43.1. The summed E-state index contributed by atoms with van der Waals surface area (Å²) in [4.78, 5) is 93.5. The van der Waals surface area contributed by atoms with Gasteiger partial charge in [-0.3, -0.25) is 28.8 Å². The molecule has 21 nitrogen and oxygen atoms in total. The number of aliphatic hydroxyl groups is 1. The van der Waals surface area contributed by atoms with Crippen molar-refractivity contribution in [3.63, 3.8) is 0 Å². The first-order valence-electron chi connectivity index (χ1n) is 23.8. The van der Waals surface area contributed by atoms with Crippen molar-refractivity contribution in [3.05, 3.63) is 0 Å². The number of unbranched alkanes of at least 4 members (excludes halogenated alkanes) is 14. The van der Waals surface area contributed by atoms with E-state index in [0.717, 1.165) is 44.9 Å². The van der Waals surface area contributed by atoms with Crippen molar-refractivity contribution in [1.82, 2.24) is 26.6 Å². The topological polar surface area (TPSA) is 315 Å². The molecule has 0 aromatic rings. The Morgan fingerprint density at radius 1 is 0.424 bits per heavy atom. The van der Waals surface area contributed by atoms with Crippen LogP contribution in [0.25, 0.3) is 0 Å². The normalized spacial score (nSPS) is 12.4. The third-order valence-electron chi connectivity index (χ3n) is 10.3. The first-order valence-corrected chi connectivity index (χ1v) is 23.8. The minimum Gasteiger partial charge on any atom is -0.481 e. The molecule has 0 rings (SSSR count). The van der Waals surface area contributed by atoms with E-state index in [1.807, 2.05) is 0 Å². The second-order valence-electron chi connectivity index (χ2n) is 16.2. The van der Waals surface area contributed by atoms with Gasteiger partial charge in [0.25, 0.3) is 0 Å². The molecule has 0 saturated heterocycles. The Morgan fingerprint density at radius 3 is 1.33 bits per heavy atom. The summed E-state index contributed by atoms with van der Waals surface area (Å²) >= 11 is 0. The lowest BCUT2D eigenvalue weighted by Gasteiger charge is -2.16. The second-order valence-corrected chi connectivity index (χ2v) is 16.2. The number of ether oxygens (including phenoxy) is 4. The highest BCUT2D eigenvalue weighted by atomic mass is 16.5. The Kier molecular flexibility index (Phi) is 40.2. The quantitative estimate of drug-likeness (QED) is 0.0396. The van der Waals surface area contributed by atoms with Gasteiger partial charge in [-0.2, -0.15) is 0 Å². The van der Waals surface area contributed by atoms with Gasteiger partial charge in [0, 0.05) is 44.8 Å². The molecule has 5 amide bonds. The van der Waals surface area contributed by atoms with Crippen LogP contribution in [0.1, 0.15) is 142 Å². The van der Waals surface area contributed by atoms with E-state index in [4.69, 9.17) is 34.3 Å². The van der Waals surface area contributed by atoms with Gasteiger partial charge in [0.05, 0.1) is 46.2 Å². The molecule has 0 unspecified atom stereocenters. The fourth-order valence-electron chi connectivity index (χ4n) is 6.40. The third-order valence-corrected chi connectivity index (χ3v) is 10.3. The molecule has 0 spiro atoms. The minimum absolute atomic E-state index is 0.0393. The summed E-state index contributed by atoms with van der Waals surface area (Å²) in [6.07, 6.45) is 17.1. The molecule has 382 valence electrons. The number of aliphatic carboxylic acids is 3. The Morgan fingerprint density at radius 2 is 0.864 bits per heavy atom. The first-order chi connectivity index (χ1) is 31.8. The SMILES string of the molecule is C[C@@H](CCCCNC(=O)COCCOCCNC(=O)COCCOCCNC(=O)CC[C@H](NC(=O)CCCCCCCCCCCCCCCCC(=O)O)C(=O)O)C(=O)N[C@@H](CO)C(=O)O. The lowest BCUT2D eigenvalue weighted by atomic mass is 10.0. The first kappa shape index (κ1) is 61.6. The van der Waals surface area contributed by atoms with Crippen LogP contribution in [0.2, 0.25) is 0 Å². The molecule has 0 fully saturated rings. The van der Waals surface area contributed by atoms with Crippen LogP contribution in [-0.4, -0.2) is 159 Å². The maximum Gasteiger partial charge on any atom is 0.328 e. The van der Waals surface area contributed by atoms with E-state index in [-0.39, 0.29) is 115 Å². The predicted molar refractivity (Wildman–Crippen MR) is 242 cm³/mol. The lowest BCUT2D eigenvalue weighted by molar-refractivity contribution is -0.143. The van der Waals surface area contributed by atoms with Crippen molar-refractivity contribution < 1.29 is 77.7 Å². The molecule has 0 heterocycles. The zero-order chi connectivity index (χ0) is 49.0. The molecule has 0 saturated carbocycles. The Bertz CT molecular complexity index is 1360. The molecule has 0 aromatic carbocycles. The van der Waals surface area contributed by atoms with Crippen molar-refractivity contribution in [1.29, 1.82) is 0 Å². The van der Waals surface area contributed by atoms with Crippen molar-refractivity contribution in [3.8, 4) is 0 Å². The Hall–Kier alpha value is -4.44. The van der Waals surface area contributed by atoms with Crippen LogP contribution in [0.5, 0.6) is 0 Å². The van der Waals surface area contributed by atoms with Crippen LogP contribution in [0.3, 0.4) is 0 Å². The van der Waals surface area contributed by atoms with Crippen LogP contribution in [0, 0.1) is 5.92 Å². The number of hydrogen-bond acceptors (Lipinski definition) is 13. The summed E-state index contributed by atoms with van der Waals surface area (Å²) in [5.74, 6) is -5.49. The number of nitrogens with one attached hydrogen (secondary N) is 5. The molecular formula is C45H81N5O16. The van der Waals surface area contributed by atoms with Crippen LogP contribution in [0.4, 0.5) is 0 Å². The van der Waals surface area contributed by atoms with E-state index in [0.29, 0.717) is 32.2 Å². The smallest absolute Gasteiger partial charge is 0.328 e. The van der Waals surface area contributed by atoms with Crippen molar-refractivity contribution >= 4 is 47.4 Å². The van der Waals surface area contributed by atoms with E-state index in [9.17, 15) is 43.5 Å². The van der Waals surface area contributed by atoms with Gasteiger partial charge in [0.15, 0.2) is 0 Å². The number of hydrogen-bond donors (Lipinski definition) is 9. The third kappa shape index (κ3) is 39.9. The predicted octanol–water partition coefficient (Wildman–Crippen LogP) is 2.45. The van der Waals surface area contributed by atoms with E-state index < -0.39 is 48.4 Å². The standard InChI is InChI=1S/C45H81N5O16/c1-35(43(58)50-37(32-51)45(61)62)18-16-17-23-46-40(54)33-65-30-29-64-27-25-48-41(55)34-66-31-28-63-26-24-47-38(52)22-21-36(44(59)60)49-39(53)19-14-12-10-8-6-4-2-3-5-7-9-11-13-15-20-42(56)57/h35-37,51H,2-34H2,1H3,(H,46,54)(H,47,52)(H,48,55)(H,49,53)(H,50,58)(H,56,57)(H,59,60)(H,61,62)/t35-,36-,37-/m0/s1. The average Bonchev–Trinajstić information content (AvgIpc) is 3.27. The van der Waals surface area contributed by atoms with Gasteiger partial charge in [-0.15, -0.1) is 0 Å². The van der Waals surface area contributed by atoms with Crippen LogP contribution in [-0.2, 0) is 57.3 Å². The van der Waals surface area contributed by atoms with E-state index in [1.54, 1.807) is 6.92 Å². The maximum atomic E-state index is 12.3. The van der Waals surface area contributed by atoms with E-state index in [2.05, 4.69) is 26.6 Å². The summed E-state index contributed by atoms with van der Waals surface area (Å²) < 4.78 is 21.3. The minimum atomic E-state index is -1.34. The van der Waals surface area contributed by atoms with Crippen LogP contribution in [0.15, 0.2) is 0 Å². The number of rotatable bonds is 47. The number of carbonyl (C=O) groups is 8. The Labute approximate surface area is 389 Å². The monoisotopic (exact) mass is 948 g/mol. The number of carboxylic acids is 3. The summed E-state index contributed by atoms with van der Waals surface area (Å²) in [5.41, 5.74) is 0.